The van der Waals surface area contributed by atoms with Crippen molar-refractivity contribution < 1.29 is 46.0 Å². The highest BCUT2D eigenvalue weighted by molar-refractivity contribution is 5.85. The summed E-state index contributed by atoms with van der Waals surface area (Å²) in [6.07, 6.45) is -8.77. The highest BCUT2D eigenvalue weighted by Gasteiger charge is 2.35. The van der Waals surface area contributed by atoms with Gasteiger partial charge >= 0.3 is 12.5 Å². The van der Waals surface area contributed by atoms with E-state index >= 15 is 0 Å². The molecule has 0 aromatic heterocycles. The van der Waals surface area contributed by atoms with Gasteiger partial charge in [0.25, 0.3) is 0 Å². The molecule has 192 valence electrons. The minimum Gasteiger partial charge on any atom is -0.493 e. The van der Waals surface area contributed by atoms with Crippen LogP contribution in [0.15, 0.2) is 42.5 Å². The number of rotatable bonds is 11. The second-order valence-electron chi connectivity index (χ2n) is 7.65. The Morgan fingerprint density at radius 1 is 0.853 bits per heavy atom. The van der Waals surface area contributed by atoms with Crippen molar-refractivity contribution >= 4 is 12.4 Å². The smallest absolute Gasteiger partial charge is 0.493 e. The minimum atomic E-state index is -4.82. The molecule has 0 amide bonds. The molecule has 0 aliphatic heterocycles. The summed E-state index contributed by atoms with van der Waals surface area (Å²) in [5, 5.41) is 18.4. The molecule has 0 saturated carbocycles. The Balaban J connectivity index is 0.00000578. The van der Waals surface area contributed by atoms with Crippen molar-refractivity contribution in [2.24, 2.45) is 5.73 Å². The first-order valence-corrected chi connectivity index (χ1v) is 10.0. The van der Waals surface area contributed by atoms with Crippen LogP contribution in [-0.4, -0.2) is 41.9 Å². The van der Waals surface area contributed by atoms with Gasteiger partial charge in [0.2, 0.25) is 0 Å². The first-order valence-electron chi connectivity index (χ1n) is 10.0. The molecule has 0 radical (unpaired) electrons. The van der Waals surface area contributed by atoms with Crippen LogP contribution in [-0.2, 0) is 19.0 Å². The van der Waals surface area contributed by atoms with Crippen molar-refractivity contribution in [2.75, 3.05) is 19.8 Å². The number of hydrogen-bond acceptors (Lipinski definition) is 5. The number of alkyl halides is 6. The standard InChI is InChI=1S/C22H25F6NO4.ClH/c23-21(24,25)18-12-16(8-9-20(29,13-30)14-31)6-7-19(18)32-10-2-4-15-3-1-5-17(11-15)33-22(26,27)28;/h1,3,5-7,11-12,30-31H,2,4,8-10,13-14,29H2;1H. The van der Waals surface area contributed by atoms with E-state index in [4.69, 9.17) is 10.5 Å². The van der Waals surface area contributed by atoms with E-state index in [9.17, 15) is 36.6 Å². The van der Waals surface area contributed by atoms with Crippen molar-refractivity contribution in [1.82, 2.24) is 0 Å². The van der Waals surface area contributed by atoms with E-state index in [1.165, 1.54) is 24.3 Å². The Kier molecular flexibility index (Phi) is 10.9. The molecule has 0 fully saturated rings. The number of aliphatic hydroxyl groups is 2. The first-order chi connectivity index (χ1) is 15.3. The van der Waals surface area contributed by atoms with Gasteiger partial charge < -0.3 is 25.4 Å². The quantitative estimate of drug-likeness (QED) is 0.298. The van der Waals surface area contributed by atoms with Crippen molar-refractivity contribution in [1.29, 1.82) is 0 Å². The molecule has 4 N–H and O–H groups in total. The van der Waals surface area contributed by atoms with Crippen LogP contribution >= 0.6 is 12.4 Å². The van der Waals surface area contributed by atoms with Crippen LogP contribution in [0.3, 0.4) is 0 Å². The van der Waals surface area contributed by atoms with Gasteiger partial charge in [-0.1, -0.05) is 18.2 Å². The lowest BCUT2D eigenvalue weighted by atomic mass is 9.93. The van der Waals surface area contributed by atoms with Gasteiger partial charge in [-0.15, -0.1) is 25.6 Å². The molecule has 0 atom stereocenters. The second-order valence-corrected chi connectivity index (χ2v) is 7.65. The highest BCUT2D eigenvalue weighted by atomic mass is 35.5. The number of aliphatic hydroxyl groups excluding tert-OH is 2. The fraction of sp³-hybridized carbons (Fsp3) is 0.455. The predicted molar refractivity (Wildman–Crippen MR) is 115 cm³/mol. The van der Waals surface area contributed by atoms with Crippen LogP contribution in [0.25, 0.3) is 0 Å². The zero-order valence-electron chi connectivity index (χ0n) is 18.0. The van der Waals surface area contributed by atoms with Gasteiger partial charge in [-0.3, -0.25) is 0 Å². The number of nitrogens with two attached hydrogens (primary N) is 1. The Morgan fingerprint density at radius 2 is 1.50 bits per heavy atom. The monoisotopic (exact) mass is 517 g/mol. The normalized spacial score (nSPS) is 12.3. The van der Waals surface area contributed by atoms with Gasteiger partial charge in [0.1, 0.15) is 11.5 Å². The second kappa shape index (κ2) is 12.5. The van der Waals surface area contributed by atoms with Gasteiger partial charge in [-0.05, 0) is 61.1 Å². The van der Waals surface area contributed by atoms with Crippen LogP contribution in [0.1, 0.15) is 29.5 Å². The van der Waals surface area contributed by atoms with Crippen LogP contribution in [0.4, 0.5) is 26.3 Å². The zero-order valence-corrected chi connectivity index (χ0v) is 18.8. The summed E-state index contributed by atoms with van der Waals surface area (Å²) in [6, 6.07) is 8.89. The Morgan fingerprint density at radius 3 is 2.09 bits per heavy atom. The maximum Gasteiger partial charge on any atom is 0.573 e. The molecule has 12 heteroatoms. The molecule has 0 saturated heterocycles. The highest BCUT2D eigenvalue weighted by Crippen LogP contribution is 2.37. The number of halogens is 7. The fourth-order valence-electron chi connectivity index (χ4n) is 3.04. The van der Waals surface area contributed by atoms with E-state index in [0.29, 0.717) is 11.1 Å². The third kappa shape index (κ3) is 9.57. The average Bonchev–Trinajstić information content (AvgIpc) is 2.74. The van der Waals surface area contributed by atoms with E-state index in [1.54, 1.807) is 6.07 Å². The van der Waals surface area contributed by atoms with Gasteiger partial charge in [0, 0.05) is 0 Å². The molecular formula is C22H26ClF6NO4. The third-order valence-electron chi connectivity index (χ3n) is 4.89. The van der Waals surface area contributed by atoms with Gasteiger partial charge in [0.15, 0.2) is 0 Å². The fourth-order valence-corrected chi connectivity index (χ4v) is 3.04. The van der Waals surface area contributed by atoms with Gasteiger partial charge in [0.05, 0.1) is 30.9 Å². The molecule has 0 spiro atoms. The lowest BCUT2D eigenvalue weighted by Crippen LogP contribution is -2.47. The Hall–Kier alpha value is -2.21. The van der Waals surface area contributed by atoms with Crippen molar-refractivity contribution in [3.05, 3.63) is 59.2 Å². The molecule has 0 unspecified atom stereocenters. The zero-order chi connectivity index (χ0) is 24.7. The van der Waals surface area contributed by atoms with E-state index in [1.807, 2.05) is 0 Å². The third-order valence-corrected chi connectivity index (χ3v) is 4.89. The average molecular weight is 518 g/mol. The summed E-state index contributed by atoms with van der Waals surface area (Å²) in [5.74, 6) is -0.747. The molecule has 0 aliphatic rings. The lowest BCUT2D eigenvalue weighted by Gasteiger charge is -2.24. The van der Waals surface area contributed by atoms with Crippen LogP contribution in [0.2, 0.25) is 0 Å². The van der Waals surface area contributed by atoms with Crippen LogP contribution < -0.4 is 15.2 Å². The molecule has 2 aromatic rings. The van der Waals surface area contributed by atoms with E-state index in [0.717, 1.165) is 12.1 Å². The van der Waals surface area contributed by atoms with Crippen molar-refractivity contribution in [3.63, 3.8) is 0 Å². The number of benzene rings is 2. The summed E-state index contributed by atoms with van der Waals surface area (Å²) in [5.41, 5.74) is 4.32. The molecule has 0 bridgehead atoms. The Bertz CT molecular complexity index is 904. The molecular weight excluding hydrogens is 492 g/mol. The molecule has 0 aliphatic carbocycles. The van der Waals surface area contributed by atoms with Crippen LogP contribution in [0.5, 0.6) is 11.5 Å². The molecule has 0 heterocycles. The van der Waals surface area contributed by atoms with Crippen molar-refractivity contribution in [2.45, 2.75) is 43.8 Å². The first kappa shape index (κ1) is 29.8. The largest absolute Gasteiger partial charge is 0.573 e. The van der Waals surface area contributed by atoms with Crippen LogP contribution in [0, 0.1) is 0 Å². The number of hydrogen-bond donors (Lipinski definition) is 3. The summed E-state index contributed by atoms with van der Waals surface area (Å²) < 4.78 is 86.6. The summed E-state index contributed by atoms with van der Waals surface area (Å²) in [4.78, 5) is 0. The topological polar surface area (TPSA) is 84.9 Å². The van der Waals surface area contributed by atoms with Gasteiger partial charge in [-0.25, -0.2) is 0 Å². The predicted octanol–water partition coefficient (Wildman–Crippen LogP) is 4.65. The van der Waals surface area contributed by atoms with Gasteiger partial charge in [-0.2, -0.15) is 13.2 Å². The maximum absolute atomic E-state index is 13.5. The SMILES string of the molecule is Cl.NC(CO)(CO)CCc1ccc(OCCCc2cccc(OC(F)(F)F)c2)c(C(F)(F)F)c1. The van der Waals surface area contributed by atoms with Crippen molar-refractivity contribution in [3.8, 4) is 11.5 Å². The lowest BCUT2D eigenvalue weighted by molar-refractivity contribution is -0.274. The maximum atomic E-state index is 13.5. The minimum absolute atomic E-state index is 0. The summed E-state index contributed by atoms with van der Waals surface area (Å²) in [6.45, 7) is -1.11. The van der Waals surface area contributed by atoms with E-state index in [2.05, 4.69) is 4.74 Å². The summed E-state index contributed by atoms with van der Waals surface area (Å²) in [7, 11) is 0. The molecule has 34 heavy (non-hydrogen) atoms. The number of aryl methyl sites for hydroxylation is 2. The summed E-state index contributed by atoms with van der Waals surface area (Å²) >= 11 is 0. The molecule has 2 aromatic carbocycles. The Labute approximate surface area is 198 Å². The molecule has 5 nitrogen and oxygen atoms in total. The van der Waals surface area contributed by atoms with E-state index in [-0.39, 0.29) is 56.2 Å². The molecule has 2 rings (SSSR count). The van der Waals surface area contributed by atoms with E-state index < -0.39 is 36.9 Å². The number of ether oxygens (including phenoxy) is 2.